The molecule has 4 atom stereocenters. The molecule has 1 N–H and O–H groups in total. The first-order valence-corrected chi connectivity index (χ1v) is 8.07. The molecular weight excluding hydrogens is 262 g/mol. The van der Waals surface area contributed by atoms with E-state index >= 15 is 0 Å². The van der Waals surface area contributed by atoms with E-state index in [4.69, 9.17) is 4.74 Å². The van der Waals surface area contributed by atoms with Gasteiger partial charge in [0.15, 0.2) is 0 Å². The first kappa shape index (κ1) is 14.9. The molecule has 0 spiro atoms. The van der Waals surface area contributed by atoms with Crippen LogP contribution < -0.4 is 4.74 Å². The van der Waals surface area contributed by atoms with Crippen LogP contribution in [0.25, 0.3) is 0 Å². The molecular formula is C18H27NO2. The van der Waals surface area contributed by atoms with Gasteiger partial charge in [0.2, 0.25) is 0 Å². The average molecular weight is 289 g/mol. The molecule has 2 aliphatic carbocycles. The van der Waals surface area contributed by atoms with E-state index in [0.29, 0.717) is 17.8 Å². The molecule has 1 aromatic rings. The Kier molecular flexibility index (Phi) is 3.98. The summed E-state index contributed by atoms with van der Waals surface area (Å²) in [6.45, 7) is 0.941. The predicted molar refractivity (Wildman–Crippen MR) is 84.4 cm³/mol. The number of hydrogen-bond donors (Lipinski definition) is 1. The molecule has 0 heterocycles. The number of nitrogens with zero attached hydrogens (tertiary/aromatic N) is 1. The van der Waals surface area contributed by atoms with Crippen molar-refractivity contribution in [2.75, 3.05) is 27.7 Å². The fourth-order valence-electron chi connectivity index (χ4n) is 4.43. The molecule has 2 aliphatic rings. The van der Waals surface area contributed by atoms with Crippen LogP contribution in [0, 0.1) is 17.8 Å². The first-order valence-electron chi connectivity index (χ1n) is 8.07. The van der Waals surface area contributed by atoms with Gasteiger partial charge in [-0.05, 0) is 69.3 Å². The SMILES string of the molecule is COc1cccc(C2(O)C(CN(C)C)CCC3CCC32)c1. The third-order valence-corrected chi connectivity index (χ3v) is 5.61. The summed E-state index contributed by atoms with van der Waals surface area (Å²) in [6, 6.07) is 8.06. The van der Waals surface area contributed by atoms with Crippen LogP contribution in [0.15, 0.2) is 24.3 Å². The van der Waals surface area contributed by atoms with E-state index < -0.39 is 5.60 Å². The molecule has 0 amide bonds. The summed E-state index contributed by atoms with van der Waals surface area (Å²) in [4.78, 5) is 2.20. The molecule has 3 nitrogen and oxygen atoms in total. The Morgan fingerprint density at radius 2 is 2.00 bits per heavy atom. The summed E-state index contributed by atoms with van der Waals surface area (Å²) in [5, 5.41) is 11.7. The van der Waals surface area contributed by atoms with Crippen LogP contribution in [0.5, 0.6) is 5.75 Å². The Bertz CT molecular complexity index is 502. The molecule has 0 aromatic heterocycles. The molecule has 3 rings (SSSR count). The Hall–Kier alpha value is -1.06. The van der Waals surface area contributed by atoms with Gasteiger partial charge in [-0.15, -0.1) is 0 Å². The lowest BCUT2D eigenvalue weighted by molar-refractivity contribution is -0.163. The number of fused-ring (bicyclic) bond motifs is 1. The number of rotatable bonds is 4. The highest BCUT2D eigenvalue weighted by Crippen LogP contribution is 2.57. The minimum Gasteiger partial charge on any atom is -0.497 e. The molecule has 1 aromatic carbocycles. The van der Waals surface area contributed by atoms with E-state index in [1.54, 1.807) is 7.11 Å². The fourth-order valence-corrected chi connectivity index (χ4v) is 4.43. The Morgan fingerprint density at radius 3 is 2.62 bits per heavy atom. The van der Waals surface area contributed by atoms with Gasteiger partial charge in [0, 0.05) is 12.5 Å². The van der Waals surface area contributed by atoms with Gasteiger partial charge in [-0.3, -0.25) is 0 Å². The molecule has 2 saturated carbocycles. The van der Waals surface area contributed by atoms with Crippen molar-refractivity contribution >= 4 is 0 Å². The minimum absolute atomic E-state index is 0.307. The minimum atomic E-state index is -0.694. The number of aliphatic hydroxyl groups is 1. The summed E-state index contributed by atoms with van der Waals surface area (Å²) in [5.74, 6) is 2.27. The van der Waals surface area contributed by atoms with Gasteiger partial charge in [0.1, 0.15) is 5.75 Å². The van der Waals surface area contributed by atoms with Crippen molar-refractivity contribution in [1.82, 2.24) is 4.90 Å². The van der Waals surface area contributed by atoms with Crippen molar-refractivity contribution < 1.29 is 9.84 Å². The third-order valence-electron chi connectivity index (χ3n) is 5.61. The normalized spacial score (nSPS) is 35.2. The van der Waals surface area contributed by atoms with Crippen LogP contribution in [-0.2, 0) is 5.60 Å². The molecule has 0 bridgehead atoms. The van der Waals surface area contributed by atoms with Gasteiger partial charge in [-0.25, -0.2) is 0 Å². The summed E-state index contributed by atoms with van der Waals surface area (Å²) >= 11 is 0. The third kappa shape index (κ3) is 2.47. The highest BCUT2D eigenvalue weighted by molar-refractivity contribution is 5.34. The Labute approximate surface area is 127 Å². The summed E-state index contributed by atoms with van der Waals surface area (Å²) in [6.07, 6.45) is 4.83. The Balaban J connectivity index is 1.98. The second-order valence-electron chi connectivity index (χ2n) is 7.04. The number of benzene rings is 1. The molecule has 0 radical (unpaired) electrons. The van der Waals surface area contributed by atoms with E-state index in [-0.39, 0.29) is 0 Å². The van der Waals surface area contributed by atoms with Crippen molar-refractivity contribution in [1.29, 1.82) is 0 Å². The number of ether oxygens (including phenoxy) is 1. The van der Waals surface area contributed by atoms with Crippen LogP contribution in [-0.4, -0.2) is 37.8 Å². The summed E-state index contributed by atoms with van der Waals surface area (Å²) in [5.41, 5.74) is 0.350. The lowest BCUT2D eigenvalue weighted by Gasteiger charge is -2.56. The molecule has 116 valence electrons. The lowest BCUT2D eigenvalue weighted by atomic mass is 9.53. The van der Waals surface area contributed by atoms with Crippen LogP contribution in [0.4, 0.5) is 0 Å². The smallest absolute Gasteiger partial charge is 0.119 e. The van der Waals surface area contributed by atoms with E-state index in [0.717, 1.165) is 30.7 Å². The number of methoxy groups -OCH3 is 1. The molecule has 2 fully saturated rings. The zero-order chi connectivity index (χ0) is 15.0. The molecule has 3 heteroatoms. The van der Waals surface area contributed by atoms with Crippen LogP contribution >= 0.6 is 0 Å². The van der Waals surface area contributed by atoms with Crippen molar-refractivity contribution in [3.8, 4) is 5.75 Å². The second-order valence-corrected chi connectivity index (χ2v) is 7.04. The van der Waals surface area contributed by atoms with Gasteiger partial charge in [-0.2, -0.15) is 0 Å². The zero-order valence-electron chi connectivity index (χ0n) is 13.4. The average Bonchev–Trinajstić information content (AvgIpc) is 2.43. The van der Waals surface area contributed by atoms with E-state index in [1.807, 2.05) is 18.2 Å². The van der Waals surface area contributed by atoms with Crippen molar-refractivity contribution in [3.05, 3.63) is 29.8 Å². The molecule has 0 saturated heterocycles. The molecule has 0 aliphatic heterocycles. The summed E-state index contributed by atoms with van der Waals surface area (Å²) in [7, 11) is 5.88. The quantitative estimate of drug-likeness (QED) is 0.925. The standard InChI is InChI=1S/C18H27NO2/c1-19(2)12-15-9-7-13-8-10-17(13)18(15,20)14-5-4-6-16(11-14)21-3/h4-6,11,13,15,17,20H,7-10,12H2,1-3H3. The van der Waals surface area contributed by atoms with E-state index in [2.05, 4.69) is 25.1 Å². The maximum atomic E-state index is 11.7. The summed E-state index contributed by atoms with van der Waals surface area (Å²) < 4.78 is 5.37. The van der Waals surface area contributed by atoms with Crippen LogP contribution in [0.1, 0.15) is 31.2 Å². The van der Waals surface area contributed by atoms with Gasteiger partial charge in [0.05, 0.1) is 12.7 Å². The molecule has 21 heavy (non-hydrogen) atoms. The maximum absolute atomic E-state index is 11.7. The van der Waals surface area contributed by atoms with Crippen LogP contribution in [0.3, 0.4) is 0 Å². The highest BCUT2D eigenvalue weighted by atomic mass is 16.5. The predicted octanol–water partition coefficient (Wildman–Crippen LogP) is 2.88. The second kappa shape index (κ2) is 5.62. The van der Waals surface area contributed by atoms with Gasteiger partial charge in [0.25, 0.3) is 0 Å². The molecule has 4 unspecified atom stereocenters. The maximum Gasteiger partial charge on any atom is 0.119 e. The fraction of sp³-hybridized carbons (Fsp3) is 0.667. The monoisotopic (exact) mass is 289 g/mol. The van der Waals surface area contributed by atoms with Crippen LogP contribution in [0.2, 0.25) is 0 Å². The van der Waals surface area contributed by atoms with Gasteiger partial charge in [-0.1, -0.05) is 12.1 Å². The lowest BCUT2D eigenvalue weighted by Crippen LogP contribution is -2.55. The number of hydrogen-bond acceptors (Lipinski definition) is 3. The van der Waals surface area contributed by atoms with E-state index in [1.165, 1.54) is 12.8 Å². The van der Waals surface area contributed by atoms with E-state index in [9.17, 15) is 5.11 Å². The van der Waals surface area contributed by atoms with Crippen molar-refractivity contribution in [2.45, 2.75) is 31.3 Å². The van der Waals surface area contributed by atoms with Crippen molar-refractivity contribution in [2.24, 2.45) is 17.8 Å². The Morgan fingerprint density at radius 1 is 1.24 bits per heavy atom. The van der Waals surface area contributed by atoms with Gasteiger partial charge < -0.3 is 14.7 Å². The van der Waals surface area contributed by atoms with Crippen molar-refractivity contribution in [3.63, 3.8) is 0 Å². The van der Waals surface area contributed by atoms with Gasteiger partial charge >= 0.3 is 0 Å². The largest absolute Gasteiger partial charge is 0.497 e. The highest BCUT2D eigenvalue weighted by Gasteiger charge is 2.54. The zero-order valence-corrected chi connectivity index (χ0v) is 13.4. The topological polar surface area (TPSA) is 32.7 Å². The first-order chi connectivity index (χ1) is 10.1.